The molecule has 13 heteroatoms. The van der Waals surface area contributed by atoms with Gasteiger partial charge in [0.05, 0.1) is 12.1 Å². The second-order valence-electron chi connectivity index (χ2n) is 15.7. The van der Waals surface area contributed by atoms with Gasteiger partial charge in [0.25, 0.3) is 5.91 Å². The van der Waals surface area contributed by atoms with Gasteiger partial charge < -0.3 is 36.2 Å². The standard InChI is InChI=1S/C39H60N6O7/c1-10-15-28(32(46)34(48)41-19-11-2)42-33(47)31-27(39(7,8)12-3)18-20-45(31)35(49)30(26-21-24-16-13-14-17-25(24)22-26)44-36(50)43-29(38(4,5)6)23-52-37(51)40-9/h11,13-14,16-17,26-31H,2,10,12,15,18-23H2,1,3-9H3,(H,40,51)(H,41,48)(H,42,47)(H2,43,44,50)/t27-,28?,29?,30?,31?/m0/s1. The van der Waals surface area contributed by atoms with E-state index in [4.69, 9.17) is 4.74 Å². The van der Waals surface area contributed by atoms with E-state index >= 15 is 0 Å². The Morgan fingerprint density at radius 3 is 2.15 bits per heavy atom. The fraction of sp³-hybridized carbons (Fsp3) is 0.641. The molecule has 1 fully saturated rings. The number of Topliss-reactive ketones (excluding diaryl/α,β-unsaturated/α-hetero) is 1. The van der Waals surface area contributed by atoms with Gasteiger partial charge in [-0.25, -0.2) is 9.59 Å². The van der Waals surface area contributed by atoms with Gasteiger partial charge in [0, 0.05) is 20.1 Å². The van der Waals surface area contributed by atoms with Crippen molar-refractivity contribution in [3.8, 4) is 0 Å². The molecule has 5 atom stereocenters. The molecular weight excluding hydrogens is 664 g/mol. The lowest BCUT2D eigenvalue weighted by Gasteiger charge is -2.38. The van der Waals surface area contributed by atoms with Gasteiger partial charge in [0.2, 0.25) is 17.6 Å². The van der Waals surface area contributed by atoms with E-state index in [-0.39, 0.29) is 43.4 Å². The number of ether oxygens (including phenoxy) is 1. The number of hydrogen-bond acceptors (Lipinski definition) is 7. The Kier molecular flexibility index (Phi) is 14.8. The lowest BCUT2D eigenvalue weighted by molar-refractivity contribution is -0.144. The molecule has 1 heterocycles. The summed E-state index contributed by atoms with van der Waals surface area (Å²) >= 11 is 0. The van der Waals surface area contributed by atoms with Crippen molar-refractivity contribution in [2.24, 2.45) is 22.7 Å². The van der Waals surface area contributed by atoms with Crippen LogP contribution in [0.3, 0.4) is 0 Å². The summed E-state index contributed by atoms with van der Waals surface area (Å²) in [7, 11) is 1.45. The number of benzene rings is 1. The number of urea groups is 1. The van der Waals surface area contributed by atoms with Crippen LogP contribution in [0.25, 0.3) is 0 Å². The van der Waals surface area contributed by atoms with Crippen LogP contribution in [0, 0.1) is 22.7 Å². The number of rotatable bonds is 16. The lowest BCUT2D eigenvalue weighted by atomic mass is 9.72. The highest BCUT2D eigenvalue weighted by Gasteiger charge is 2.50. The van der Waals surface area contributed by atoms with Crippen LogP contribution in [0.4, 0.5) is 9.59 Å². The molecule has 13 nitrogen and oxygen atoms in total. The normalized spacial score (nSPS) is 19.0. The van der Waals surface area contributed by atoms with Crippen molar-refractivity contribution < 1.29 is 33.5 Å². The zero-order chi connectivity index (χ0) is 38.8. The van der Waals surface area contributed by atoms with E-state index in [1.165, 1.54) is 13.1 Å². The second-order valence-corrected chi connectivity index (χ2v) is 15.7. The molecule has 4 unspecified atom stereocenters. The fourth-order valence-corrected chi connectivity index (χ4v) is 7.14. The highest BCUT2D eigenvalue weighted by molar-refractivity contribution is 6.38. The van der Waals surface area contributed by atoms with Gasteiger partial charge in [-0.3, -0.25) is 19.2 Å². The molecule has 3 rings (SSSR count). The maximum absolute atomic E-state index is 14.9. The van der Waals surface area contributed by atoms with Gasteiger partial charge in [-0.2, -0.15) is 0 Å². The summed E-state index contributed by atoms with van der Waals surface area (Å²) in [5.74, 6) is -3.01. The van der Waals surface area contributed by atoms with E-state index in [0.29, 0.717) is 25.7 Å². The molecule has 0 saturated carbocycles. The molecule has 52 heavy (non-hydrogen) atoms. The Labute approximate surface area is 308 Å². The van der Waals surface area contributed by atoms with Gasteiger partial charge in [0.1, 0.15) is 18.7 Å². The summed E-state index contributed by atoms with van der Waals surface area (Å²) in [5.41, 5.74) is 1.34. The number of carbonyl (C=O) groups excluding carboxylic acids is 6. The van der Waals surface area contributed by atoms with Crippen LogP contribution >= 0.6 is 0 Å². The highest BCUT2D eigenvalue weighted by Crippen LogP contribution is 2.42. The van der Waals surface area contributed by atoms with E-state index in [1.807, 2.05) is 58.9 Å². The number of hydrogen-bond donors (Lipinski definition) is 5. The largest absolute Gasteiger partial charge is 0.447 e. The number of fused-ring (bicyclic) bond motifs is 1. The van der Waals surface area contributed by atoms with E-state index in [0.717, 1.165) is 17.5 Å². The predicted octanol–water partition coefficient (Wildman–Crippen LogP) is 3.65. The molecule has 1 saturated heterocycles. The third kappa shape index (κ3) is 10.6. The molecule has 288 valence electrons. The van der Waals surface area contributed by atoms with Crippen LogP contribution in [-0.2, 0) is 36.8 Å². The van der Waals surface area contributed by atoms with Crippen molar-refractivity contribution in [1.29, 1.82) is 0 Å². The Hall–Kier alpha value is -4.42. The number of nitrogens with one attached hydrogen (secondary N) is 5. The van der Waals surface area contributed by atoms with E-state index < -0.39 is 65.2 Å². The number of carbonyl (C=O) groups is 6. The van der Waals surface area contributed by atoms with Crippen molar-refractivity contribution in [2.45, 2.75) is 111 Å². The van der Waals surface area contributed by atoms with Crippen LogP contribution in [0.5, 0.6) is 0 Å². The zero-order valence-corrected chi connectivity index (χ0v) is 32.2. The molecular formula is C39H60N6O7. The molecule has 0 aromatic heterocycles. The van der Waals surface area contributed by atoms with Gasteiger partial charge >= 0.3 is 12.1 Å². The molecule has 1 aromatic rings. The van der Waals surface area contributed by atoms with Gasteiger partial charge in [-0.15, -0.1) is 6.58 Å². The van der Waals surface area contributed by atoms with Gasteiger partial charge in [0.15, 0.2) is 0 Å². The average molecular weight is 725 g/mol. The molecule has 6 amide bonds. The molecule has 5 N–H and O–H groups in total. The quantitative estimate of drug-likeness (QED) is 0.128. The number of alkyl carbamates (subject to hydrolysis) is 1. The maximum atomic E-state index is 14.9. The summed E-state index contributed by atoms with van der Waals surface area (Å²) in [6, 6.07) is 3.74. The van der Waals surface area contributed by atoms with Gasteiger partial charge in [-0.1, -0.05) is 91.6 Å². The molecule has 1 aromatic carbocycles. The molecule has 0 radical (unpaired) electrons. The fourth-order valence-electron chi connectivity index (χ4n) is 7.14. The van der Waals surface area contributed by atoms with Crippen LogP contribution in [0.2, 0.25) is 0 Å². The molecule has 0 bridgehead atoms. The summed E-state index contributed by atoms with van der Waals surface area (Å²) in [5, 5.41) is 13.6. The van der Waals surface area contributed by atoms with Crippen molar-refractivity contribution in [2.75, 3.05) is 26.7 Å². The van der Waals surface area contributed by atoms with Crippen molar-refractivity contribution in [3.05, 3.63) is 48.0 Å². The Bertz CT molecular complexity index is 1450. The zero-order valence-electron chi connectivity index (χ0n) is 32.2. The molecule has 2 aliphatic rings. The first-order valence-corrected chi connectivity index (χ1v) is 18.5. The first kappa shape index (κ1) is 42.0. The SMILES string of the molecule is C=CCNC(=O)C(=O)C(CCC)NC(=O)C1[C@@H](C(C)(C)CC)CCN1C(=O)C(NC(=O)NC(COC(=O)NC)C(C)(C)C)C1Cc2ccccc2C1. The molecule has 1 aliphatic carbocycles. The van der Waals surface area contributed by atoms with E-state index in [1.54, 1.807) is 4.90 Å². The lowest BCUT2D eigenvalue weighted by Crippen LogP contribution is -2.61. The number of amides is 6. The van der Waals surface area contributed by atoms with Crippen LogP contribution in [0.15, 0.2) is 36.9 Å². The molecule has 0 spiro atoms. The van der Waals surface area contributed by atoms with Crippen LogP contribution in [-0.4, -0.2) is 91.4 Å². The first-order chi connectivity index (χ1) is 24.5. The summed E-state index contributed by atoms with van der Waals surface area (Å²) < 4.78 is 5.29. The average Bonchev–Trinajstić information content (AvgIpc) is 3.75. The molecule has 1 aliphatic heterocycles. The smallest absolute Gasteiger partial charge is 0.406 e. The maximum Gasteiger partial charge on any atom is 0.406 e. The van der Waals surface area contributed by atoms with E-state index in [9.17, 15) is 28.8 Å². The predicted molar refractivity (Wildman–Crippen MR) is 199 cm³/mol. The minimum atomic E-state index is -1.07. The third-order valence-corrected chi connectivity index (χ3v) is 10.7. The van der Waals surface area contributed by atoms with Gasteiger partial charge in [-0.05, 0) is 59.5 Å². The third-order valence-electron chi connectivity index (χ3n) is 10.7. The summed E-state index contributed by atoms with van der Waals surface area (Å²) in [6.07, 6.45) is 4.01. The first-order valence-electron chi connectivity index (χ1n) is 18.5. The topological polar surface area (TPSA) is 175 Å². The van der Waals surface area contributed by atoms with E-state index in [2.05, 4.69) is 47.0 Å². The number of likely N-dealkylation sites (tertiary alicyclic amines) is 1. The Morgan fingerprint density at radius 2 is 1.62 bits per heavy atom. The Morgan fingerprint density at radius 1 is 0.981 bits per heavy atom. The van der Waals surface area contributed by atoms with Crippen LogP contribution < -0.4 is 26.6 Å². The van der Waals surface area contributed by atoms with Crippen molar-refractivity contribution in [3.63, 3.8) is 0 Å². The van der Waals surface area contributed by atoms with Crippen molar-refractivity contribution in [1.82, 2.24) is 31.5 Å². The van der Waals surface area contributed by atoms with Crippen LogP contribution in [0.1, 0.15) is 85.3 Å². The number of nitrogens with zero attached hydrogens (tertiary/aromatic N) is 1. The minimum Gasteiger partial charge on any atom is -0.447 e. The minimum absolute atomic E-state index is 0.0878. The Balaban J connectivity index is 1.97. The second kappa shape index (κ2) is 18.4. The van der Waals surface area contributed by atoms with Crippen molar-refractivity contribution >= 4 is 35.6 Å². The monoisotopic (exact) mass is 724 g/mol. The summed E-state index contributed by atoms with van der Waals surface area (Å²) in [4.78, 5) is 82.3. The number of ketones is 1. The highest BCUT2D eigenvalue weighted by atomic mass is 16.5. The summed E-state index contributed by atoms with van der Waals surface area (Å²) in [6.45, 7) is 17.6.